The fourth-order valence-corrected chi connectivity index (χ4v) is 1.75. The number of hydrogen-bond acceptors (Lipinski definition) is 4. The number of ether oxygens (including phenoxy) is 2. The Morgan fingerprint density at radius 3 is 2.81 bits per heavy atom. The second-order valence-electron chi connectivity index (χ2n) is 4.61. The fourth-order valence-electron chi connectivity index (χ4n) is 1.75. The van der Waals surface area contributed by atoms with Gasteiger partial charge in [0.25, 0.3) is 0 Å². The van der Waals surface area contributed by atoms with Gasteiger partial charge in [-0.05, 0) is 18.9 Å². The van der Waals surface area contributed by atoms with Crippen LogP contribution in [0.15, 0.2) is 17.3 Å². The molecule has 0 spiro atoms. The maximum absolute atomic E-state index is 5.41. The van der Waals surface area contributed by atoms with Crippen molar-refractivity contribution in [3.63, 3.8) is 0 Å². The number of aliphatic imine (C=N–C) groups is 1. The van der Waals surface area contributed by atoms with E-state index in [4.69, 9.17) is 9.47 Å². The fraction of sp³-hybridized carbons (Fsp3) is 0.714. The summed E-state index contributed by atoms with van der Waals surface area (Å²) in [4.78, 5) is 4.19. The van der Waals surface area contributed by atoms with Gasteiger partial charge in [-0.15, -0.1) is 0 Å². The summed E-state index contributed by atoms with van der Waals surface area (Å²) in [5.41, 5.74) is 1.12. The lowest BCUT2D eigenvalue weighted by Gasteiger charge is -2.12. The van der Waals surface area contributed by atoms with Crippen molar-refractivity contribution in [2.75, 3.05) is 40.5 Å². The van der Waals surface area contributed by atoms with Gasteiger partial charge in [-0.2, -0.15) is 5.10 Å². The minimum atomic E-state index is 0.656. The van der Waals surface area contributed by atoms with Crippen molar-refractivity contribution < 1.29 is 9.47 Å². The molecule has 0 aromatic carbocycles. The molecule has 1 heterocycles. The molecule has 0 saturated carbocycles. The lowest BCUT2D eigenvalue weighted by molar-refractivity contribution is 0.0689. The minimum Gasteiger partial charge on any atom is -0.382 e. The second-order valence-corrected chi connectivity index (χ2v) is 4.61. The lowest BCUT2D eigenvalue weighted by Crippen LogP contribution is -2.37. The average Bonchev–Trinajstić information content (AvgIpc) is 2.90. The maximum Gasteiger partial charge on any atom is 0.191 e. The van der Waals surface area contributed by atoms with E-state index < -0.39 is 0 Å². The molecule has 0 amide bonds. The van der Waals surface area contributed by atoms with Crippen LogP contribution in [0.25, 0.3) is 0 Å². The third kappa shape index (κ3) is 7.67. The minimum absolute atomic E-state index is 0.656. The molecule has 0 fully saturated rings. The van der Waals surface area contributed by atoms with Crippen LogP contribution in [0.5, 0.6) is 0 Å². The van der Waals surface area contributed by atoms with E-state index in [-0.39, 0.29) is 0 Å². The summed E-state index contributed by atoms with van der Waals surface area (Å²) < 4.78 is 12.2. The van der Waals surface area contributed by atoms with Crippen molar-refractivity contribution in [3.05, 3.63) is 18.0 Å². The Bertz CT molecular complexity index is 406. The molecule has 1 aromatic rings. The van der Waals surface area contributed by atoms with E-state index in [0.29, 0.717) is 19.8 Å². The van der Waals surface area contributed by atoms with Gasteiger partial charge in [-0.1, -0.05) is 0 Å². The number of methoxy groups -OCH3 is 1. The predicted molar refractivity (Wildman–Crippen MR) is 83.3 cm³/mol. The highest BCUT2D eigenvalue weighted by molar-refractivity contribution is 5.79. The van der Waals surface area contributed by atoms with E-state index in [1.807, 2.05) is 17.8 Å². The molecule has 0 atom stereocenters. The maximum atomic E-state index is 5.41. The topological polar surface area (TPSA) is 72.7 Å². The van der Waals surface area contributed by atoms with Gasteiger partial charge in [0.15, 0.2) is 5.96 Å². The molecule has 7 heteroatoms. The van der Waals surface area contributed by atoms with Gasteiger partial charge in [0.2, 0.25) is 0 Å². The number of nitrogens with one attached hydrogen (secondary N) is 2. The van der Waals surface area contributed by atoms with Gasteiger partial charge in [0.05, 0.1) is 25.5 Å². The van der Waals surface area contributed by atoms with Crippen LogP contribution in [0.4, 0.5) is 0 Å². The van der Waals surface area contributed by atoms with Crippen LogP contribution in [0.2, 0.25) is 0 Å². The Labute approximate surface area is 126 Å². The Hall–Kier alpha value is -1.60. The zero-order valence-electron chi connectivity index (χ0n) is 13.3. The van der Waals surface area contributed by atoms with Crippen molar-refractivity contribution >= 4 is 5.96 Å². The van der Waals surface area contributed by atoms with Crippen LogP contribution in [0.3, 0.4) is 0 Å². The molecule has 21 heavy (non-hydrogen) atoms. The highest BCUT2D eigenvalue weighted by atomic mass is 16.5. The molecular formula is C14H27N5O2. The molecule has 0 saturated heterocycles. The van der Waals surface area contributed by atoms with E-state index in [1.165, 1.54) is 0 Å². The monoisotopic (exact) mass is 297 g/mol. The molecule has 7 nitrogen and oxygen atoms in total. The average molecular weight is 297 g/mol. The van der Waals surface area contributed by atoms with Gasteiger partial charge in [-0.3, -0.25) is 9.67 Å². The molecule has 0 bridgehead atoms. The van der Waals surface area contributed by atoms with Crippen molar-refractivity contribution in [2.45, 2.75) is 19.4 Å². The number of aryl methyl sites for hydroxylation is 1. The number of unbranched alkanes of at least 4 members (excludes halogenated alkanes) is 1. The van der Waals surface area contributed by atoms with Crippen LogP contribution in [0.1, 0.15) is 18.5 Å². The molecule has 1 rings (SSSR count). The molecule has 0 aliphatic rings. The Kier molecular flexibility index (Phi) is 9.23. The summed E-state index contributed by atoms with van der Waals surface area (Å²) in [5.74, 6) is 0.802. The first-order valence-electron chi connectivity index (χ1n) is 7.26. The normalized spacial score (nSPS) is 11.7. The van der Waals surface area contributed by atoms with Crippen LogP contribution in [0, 0.1) is 0 Å². The predicted octanol–water partition coefficient (Wildman–Crippen LogP) is 0.528. The van der Waals surface area contributed by atoms with Gasteiger partial charge in [-0.25, -0.2) is 0 Å². The van der Waals surface area contributed by atoms with Gasteiger partial charge in [0.1, 0.15) is 0 Å². The van der Waals surface area contributed by atoms with E-state index >= 15 is 0 Å². The van der Waals surface area contributed by atoms with Crippen molar-refractivity contribution in [1.82, 2.24) is 20.4 Å². The largest absolute Gasteiger partial charge is 0.382 e. The first-order chi connectivity index (χ1) is 10.3. The first kappa shape index (κ1) is 17.5. The highest BCUT2D eigenvalue weighted by Gasteiger charge is 2.00. The Balaban J connectivity index is 2.05. The summed E-state index contributed by atoms with van der Waals surface area (Å²) in [7, 11) is 5.38. The Morgan fingerprint density at radius 2 is 2.14 bits per heavy atom. The second kappa shape index (κ2) is 11.1. The number of rotatable bonds is 10. The van der Waals surface area contributed by atoms with E-state index in [1.54, 1.807) is 20.4 Å². The summed E-state index contributed by atoms with van der Waals surface area (Å²) >= 11 is 0. The molecule has 0 aliphatic carbocycles. The third-order valence-corrected chi connectivity index (χ3v) is 3.02. The SMILES string of the molecule is CN=C(NCCCCOCCOC)NCc1ccnn1C. The van der Waals surface area contributed by atoms with Gasteiger partial charge in [0, 0.05) is 40.6 Å². The molecule has 0 radical (unpaired) electrons. The first-order valence-corrected chi connectivity index (χ1v) is 7.26. The van der Waals surface area contributed by atoms with Crippen LogP contribution in [-0.2, 0) is 23.1 Å². The smallest absolute Gasteiger partial charge is 0.191 e. The molecular weight excluding hydrogens is 270 g/mol. The van der Waals surface area contributed by atoms with Crippen LogP contribution in [-0.4, -0.2) is 56.3 Å². The van der Waals surface area contributed by atoms with Crippen molar-refractivity contribution in [1.29, 1.82) is 0 Å². The summed E-state index contributed by atoms with van der Waals surface area (Å²) in [6, 6.07) is 1.98. The quantitative estimate of drug-likeness (QED) is 0.374. The Morgan fingerprint density at radius 1 is 1.29 bits per heavy atom. The third-order valence-electron chi connectivity index (χ3n) is 3.02. The molecule has 0 unspecified atom stereocenters. The molecule has 1 aromatic heterocycles. The standard InChI is InChI=1S/C14H27N5O2/c1-15-14(17-12-13-6-8-18-19(13)2)16-7-4-5-9-21-11-10-20-3/h6,8H,4-5,7,9-12H2,1-3H3,(H2,15,16,17). The molecule has 0 aliphatic heterocycles. The van der Waals surface area contributed by atoms with Crippen LogP contribution < -0.4 is 10.6 Å². The molecule has 120 valence electrons. The van der Waals surface area contributed by atoms with Crippen molar-refractivity contribution in [2.24, 2.45) is 12.0 Å². The van der Waals surface area contributed by atoms with Gasteiger partial charge < -0.3 is 20.1 Å². The number of nitrogens with zero attached hydrogens (tertiary/aromatic N) is 3. The summed E-state index contributed by atoms with van der Waals surface area (Å²) in [5, 5.41) is 10.7. The van der Waals surface area contributed by atoms with Crippen LogP contribution >= 0.6 is 0 Å². The number of aromatic nitrogens is 2. The van der Waals surface area contributed by atoms with Gasteiger partial charge >= 0.3 is 0 Å². The molecule has 2 N–H and O–H groups in total. The van der Waals surface area contributed by atoms with E-state index in [2.05, 4.69) is 20.7 Å². The zero-order valence-corrected chi connectivity index (χ0v) is 13.3. The number of hydrogen-bond donors (Lipinski definition) is 2. The number of guanidine groups is 1. The lowest BCUT2D eigenvalue weighted by atomic mass is 10.3. The zero-order chi connectivity index (χ0) is 15.3. The summed E-state index contributed by atoms with van der Waals surface area (Å²) in [6.45, 7) is 3.67. The summed E-state index contributed by atoms with van der Waals surface area (Å²) in [6.07, 6.45) is 3.85. The van der Waals surface area contributed by atoms with E-state index in [9.17, 15) is 0 Å². The van der Waals surface area contributed by atoms with E-state index in [0.717, 1.165) is 37.6 Å². The highest BCUT2D eigenvalue weighted by Crippen LogP contribution is 1.94. The van der Waals surface area contributed by atoms with Crippen molar-refractivity contribution in [3.8, 4) is 0 Å².